The number of nitrogens with zero attached hydrogens (tertiary/aromatic N) is 1. The molecule has 118 valence electrons. The van der Waals surface area contributed by atoms with Gasteiger partial charge in [-0.1, -0.05) is 18.2 Å². The minimum absolute atomic E-state index is 0.364. The van der Waals surface area contributed by atoms with Gasteiger partial charge in [-0.05, 0) is 49.2 Å². The van der Waals surface area contributed by atoms with Crippen LogP contribution >= 0.6 is 0 Å². The van der Waals surface area contributed by atoms with E-state index in [2.05, 4.69) is 16.7 Å². The third-order valence-corrected chi connectivity index (χ3v) is 3.15. The lowest BCUT2D eigenvalue weighted by atomic mass is 10.1. The van der Waals surface area contributed by atoms with Crippen LogP contribution in [0.15, 0.2) is 42.5 Å². The van der Waals surface area contributed by atoms with Crippen molar-refractivity contribution < 1.29 is 9.53 Å². The first kappa shape index (κ1) is 16.4. The highest BCUT2D eigenvalue weighted by atomic mass is 16.5. The average Bonchev–Trinajstić information content (AvgIpc) is 2.51. The Labute approximate surface area is 135 Å². The molecule has 2 N–H and O–H groups in total. The third-order valence-electron chi connectivity index (χ3n) is 3.15. The van der Waals surface area contributed by atoms with Gasteiger partial charge in [0.15, 0.2) is 0 Å². The summed E-state index contributed by atoms with van der Waals surface area (Å²) in [5.41, 5.74) is 3.19. The molecule has 23 heavy (non-hydrogen) atoms. The highest BCUT2D eigenvalue weighted by Crippen LogP contribution is 2.16. The maximum absolute atomic E-state index is 11.8. The second kappa shape index (κ2) is 7.85. The molecule has 2 rings (SSSR count). The van der Waals surface area contributed by atoms with Crippen LogP contribution in [-0.2, 0) is 0 Å². The first-order chi connectivity index (χ1) is 11.1. The van der Waals surface area contributed by atoms with E-state index in [0.29, 0.717) is 24.4 Å². The maximum Gasteiger partial charge on any atom is 0.319 e. The number of amides is 2. The van der Waals surface area contributed by atoms with Crippen molar-refractivity contribution in [1.29, 1.82) is 5.26 Å². The second-order valence-electron chi connectivity index (χ2n) is 5.21. The van der Waals surface area contributed by atoms with Crippen molar-refractivity contribution in [2.24, 2.45) is 0 Å². The van der Waals surface area contributed by atoms with E-state index in [-0.39, 0.29) is 6.03 Å². The van der Waals surface area contributed by atoms with Crippen molar-refractivity contribution in [1.82, 2.24) is 5.32 Å². The molecule has 5 heteroatoms. The molecule has 0 bridgehead atoms. The Morgan fingerprint density at radius 2 is 1.87 bits per heavy atom. The number of hydrogen-bond donors (Lipinski definition) is 2. The second-order valence-corrected chi connectivity index (χ2v) is 5.21. The predicted molar refractivity (Wildman–Crippen MR) is 89.6 cm³/mol. The predicted octanol–water partition coefficient (Wildman–Crippen LogP) is 3.38. The molecule has 0 saturated carbocycles. The summed E-state index contributed by atoms with van der Waals surface area (Å²) in [6.45, 7) is 4.76. The minimum Gasteiger partial charge on any atom is -0.492 e. The Morgan fingerprint density at radius 1 is 1.17 bits per heavy atom. The number of nitriles is 1. The number of benzene rings is 2. The molecular weight excluding hydrogens is 290 g/mol. The van der Waals surface area contributed by atoms with Crippen LogP contribution in [0.3, 0.4) is 0 Å². The standard InChI is InChI=1S/C18H19N3O2/c1-13-9-14(2)11-16(10-13)23-8-7-20-18(22)21-17-6-4-3-5-15(17)12-19/h3-6,9-11H,7-8H2,1-2H3,(H2,20,21,22). The minimum atomic E-state index is -0.364. The van der Waals surface area contributed by atoms with Gasteiger partial charge in [-0.3, -0.25) is 0 Å². The Hall–Kier alpha value is -3.00. The molecule has 0 fully saturated rings. The molecule has 0 aromatic heterocycles. The number of anilines is 1. The third kappa shape index (κ3) is 5.04. The molecule has 0 radical (unpaired) electrons. The summed E-state index contributed by atoms with van der Waals surface area (Å²) in [4.78, 5) is 11.8. The molecule has 0 heterocycles. The topological polar surface area (TPSA) is 74.2 Å². The van der Waals surface area contributed by atoms with Crippen LogP contribution in [0.4, 0.5) is 10.5 Å². The summed E-state index contributed by atoms with van der Waals surface area (Å²) < 4.78 is 5.62. The fourth-order valence-electron chi connectivity index (χ4n) is 2.21. The molecule has 0 saturated heterocycles. The Bertz CT molecular complexity index is 715. The van der Waals surface area contributed by atoms with Gasteiger partial charge in [0.2, 0.25) is 0 Å². The normalized spacial score (nSPS) is 9.78. The molecular formula is C18H19N3O2. The summed E-state index contributed by atoms with van der Waals surface area (Å²) in [6.07, 6.45) is 0. The lowest BCUT2D eigenvalue weighted by Gasteiger charge is -2.10. The van der Waals surface area contributed by atoms with Gasteiger partial charge in [-0.25, -0.2) is 4.79 Å². The van der Waals surface area contributed by atoms with Crippen molar-refractivity contribution in [2.45, 2.75) is 13.8 Å². The van der Waals surface area contributed by atoms with Gasteiger partial charge >= 0.3 is 6.03 Å². The van der Waals surface area contributed by atoms with Gasteiger partial charge in [0.1, 0.15) is 18.4 Å². The SMILES string of the molecule is Cc1cc(C)cc(OCCNC(=O)Nc2ccccc2C#N)c1. The van der Waals surface area contributed by atoms with Crippen molar-refractivity contribution in [3.8, 4) is 11.8 Å². The van der Waals surface area contributed by atoms with E-state index in [1.54, 1.807) is 24.3 Å². The van der Waals surface area contributed by atoms with E-state index in [4.69, 9.17) is 10.00 Å². The van der Waals surface area contributed by atoms with Gasteiger partial charge in [0, 0.05) is 0 Å². The monoisotopic (exact) mass is 309 g/mol. The van der Waals surface area contributed by atoms with E-state index in [1.165, 1.54) is 0 Å². The Morgan fingerprint density at radius 3 is 2.57 bits per heavy atom. The number of carbonyl (C=O) groups is 1. The average molecular weight is 309 g/mol. The number of ether oxygens (including phenoxy) is 1. The Kier molecular flexibility index (Phi) is 5.59. The molecule has 2 aromatic rings. The van der Waals surface area contributed by atoms with Crippen LogP contribution in [0.25, 0.3) is 0 Å². The summed E-state index contributed by atoms with van der Waals surface area (Å²) in [5.74, 6) is 0.791. The van der Waals surface area contributed by atoms with E-state index in [9.17, 15) is 4.79 Å². The van der Waals surface area contributed by atoms with Gasteiger partial charge in [-0.2, -0.15) is 5.26 Å². The molecule has 2 amide bonds. The number of aryl methyl sites for hydroxylation is 2. The molecule has 5 nitrogen and oxygen atoms in total. The number of nitrogens with one attached hydrogen (secondary N) is 2. The van der Waals surface area contributed by atoms with E-state index >= 15 is 0 Å². The highest BCUT2D eigenvalue weighted by Gasteiger charge is 2.05. The lowest BCUT2D eigenvalue weighted by Crippen LogP contribution is -2.32. The molecule has 0 atom stereocenters. The summed E-state index contributed by atoms with van der Waals surface area (Å²) in [5, 5.41) is 14.3. The van der Waals surface area contributed by atoms with Crippen molar-refractivity contribution in [3.63, 3.8) is 0 Å². The maximum atomic E-state index is 11.8. The zero-order valence-corrected chi connectivity index (χ0v) is 13.2. The van der Waals surface area contributed by atoms with Crippen molar-refractivity contribution in [2.75, 3.05) is 18.5 Å². The number of urea groups is 1. The quantitative estimate of drug-likeness (QED) is 0.832. The summed E-state index contributed by atoms with van der Waals surface area (Å²) in [7, 11) is 0. The van der Waals surface area contributed by atoms with Crippen LogP contribution in [-0.4, -0.2) is 19.2 Å². The summed E-state index contributed by atoms with van der Waals surface area (Å²) in [6, 6.07) is 14.5. The van der Waals surface area contributed by atoms with Gasteiger partial charge in [0.05, 0.1) is 17.8 Å². The first-order valence-electron chi connectivity index (χ1n) is 7.33. The fourth-order valence-corrected chi connectivity index (χ4v) is 2.21. The number of para-hydroxylation sites is 1. The van der Waals surface area contributed by atoms with Crippen LogP contribution in [0.2, 0.25) is 0 Å². The number of carbonyl (C=O) groups excluding carboxylic acids is 1. The molecule has 0 aliphatic carbocycles. The number of hydrogen-bond acceptors (Lipinski definition) is 3. The van der Waals surface area contributed by atoms with Crippen molar-refractivity contribution in [3.05, 3.63) is 59.2 Å². The van der Waals surface area contributed by atoms with Crippen LogP contribution < -0.4 is 15.4 Å². The van der Waals surface area contributed by atoms with E-state index in [0.717, 1.165) is 16.9 Å². The Balaban J connectivity index is 1.78. The zero-order chi connectivity index (χ0) is 16.7. The van der Waals surface area contributed by atoms with Gasteiger partial charge in [0.25, 0.3) is 0 Å². The largest absolute Gasteiger partial charge is 0.492 e. The molecule has 2 aromatic carbocycles. The number of rotatable bonds is 5. The molecule has 0 aliphatic rings. The van der Waals surface area contributed by atoms with E-state index < -0.39 is 0 Å². The van der Waals surface area contributed by atoms with Crippen LogP contribution in [0, 0.1) is 25.2 Å². The fraction of sp³-hybridized carbons (Fsp3) is 0.222. The smallest absolute Gasteiger partial charge is 0.319 e. The molecule has 0 aliphatic heterocycles. The molecule has 0 unspecified atom stereocenters. The van der Waals surface area contributed by atoms with Crippen LogP contribution in [0.1, 0.15) is 16.7 Å². The van der Waals surface area contributed by atoms with Gasteiger partial charge < -0.3 is 15.4 Å². The first-order valence-corrected chi connectivity index (χ1v) is 7.33. The highest BCUT2D eigenvalue weighted by molar-refractivity contribution is 5.90. The van der Waals surface area contributed by atoms with Crippen LogP contribution in [0.5, 0.6) is 5.75 Å². The zero-order valence-electron chi connectivity index (χ0n) is 13.2. The van der Waals surface area contributed by atoms with Gasteiger partial charge in [-0.15, -0.1) is 0 Å². The lowest BCUT2D eigenvalue weighted by molar-refractivity contribution is 0.247. The summed E-state index contributed by atoms with van der Waals surface area (Å²) >= 11 is 0. The van der Waals surface area contributed by atoms with E-state index in [1.807, 2.05) is 32.0 Å². The molecule has 0 spiro atoms. The van der Waals surface area contributed by atoms with Crippen molar-refractivity contribution >= 4 is 11.7 Å².